The SMILES string of the molecule is CNCC(C)(C)CCc1scnc1C. The van der Waals surface area contributed by atoms with E-state index in [9.17, 15) is 0 Å². The van der Waals surface area contributed by atoms with Crippen molar-refractivity contribution < 1.29 is 0 Å². The Kier molecular flexibility index (Phi) is 4.08. The molecule has 80 valence electrons. The monoisotopic (exact) mass is 212 g/mol. The lowest BCUT2D eigenvalue weighted by molar-refractivity contribution is 0.325. The quantitative estimate of drug-likeness (QED) is 0.811. The first kappa shape index (κ1) is 11.7. The summed E-state index contributed by atoms with van der Waals surface area (Å²) in [4.78, 5) is 5.71. The lowest BCUT2D eigenvalue weighted by Crippen LogP contribution is -2.27. The number of hydrogen-bond acceptors (Lipinski definition) is 3. The molecule has 0 bridgehead atoms. The highest BCUT2D eigenvalue weighted by Crippen LogP contribution is 2.24. The zero-order valence-corrected chi connectivity index (χ0v) is 10.4. The molecule has 0 spiro atoms. The minimum atomic E-state index is 0.380. The molecule has 0 fully saturated rings. The standard InChI is InChI=1S/C11H20N2S/c1-9-10(14-8-13-9)5-6-11(2,3)7-12-4/h8,12H,5-7H2,1-4H3. The zero-order chi connectivity index (χ0) is 10.6. The Morgan fingerprint density at radius 3 is 2.71 bits per heavy atom. The third-order valence-electron chi connectivity index (χ3n) is 2.53. The molecule has 0 aromatic carbocycles. The lowest BCUT2D eigenvalue weighted by Gasteiger charge is -2.23. The van der Waals surface area contributed by atoms with Crippen molar-refractivity contribution in [3.8, 4) is 0 Å². The van der Waals surface area contributed by atoms with Gasteiger partial charge in [-0.3, -0.25) is 0 Å². The number of rotatable bonds is 5. The van der Waals surface area contributed by atoms with Gasteiger partial charge in [0.2, 0.25) is 0 Å². The third kappa shape index (κ3) is 3.39. The predicted molar refractivity (Wildman–Crippen MR) is 62.9 cm³/mol. The first-order chi connectivity index (χ1) is 6.55. The number of aromatic nitrogens is 1. The Labute approximate surface area is 90.8 Å². The van der Waals surface area contributed by atoms with E-state index < -0.39 is 0 Å². The summed E-state index contributed by atoms with van der Waals surface area (Å²) in [5, 5.41) is 3.24. The summed E-state index contributed by atoms with van der Waals surface area (Å²) in [6.45, 7) is 7.78. The summed E-state index contributed by atoms with van der Waals surface area (Å²) in [5.74, 6) is 0. The predicted octanol–water partition coefficient (Wildman–Crippen LogP) is 2.63. The third-order valence-corrected chi connectivity index (χ3v) is 3.52. The number of nitrogens with zero attached hydrogens (tertiary/aromatic N) is 1. The van der Waals surface area contributed by atoms with Gasteiger partial charge in [0.05, 0.1) is 11.2 Å². The molecular weight excluding hydrogens is 192 g/mol. The van der Waals surface area contributed by atoms with E-state index in [1.807, 2.05) is 12.6 Å². The van der Waals surface area contributed by atoms with Crippen LogP contribution in [0.3, 0.4) is 0 Å². The molecular formula is C11H20N2S. The van der Waals surface area contributed by atoms with Crippen molar-refractivity contribution in [2.24, 2.45) is 5.41 Å². The zero-order valence-electron chi connectivity index (χ0n) is 9.55. The number of nitrogens with one attached hydrogen (secondary N) is 1. The molecule has 1 heterocycles. The molecule has 0 saturated carbocycles. The molecule has 3 heteroatoms. The molecule has 0 saturated heterocycles. The van der Waals surface area contributed by atoms with Crippen LogP contribution in [-0.4, -0.2) is 18.6 Å². The van der Waals surface area contributed by atoms with Crippen molar-refractivity contribution in [1.29, 1.82) is 0 Å². The van der Waals surface area contributed by atoms with Gasteiger partial charge in [-0.15, -0.1) is 11.3 Å². The van der Waals surface area contributed by atoms with E-state index in [0.29, 0.717) is 5.41 Å². The van der Waals surface area contributed by atoms with Crippen LogP contribution in [0.25, 0.3) is 0 Å². The molecule has 1 aromatic heterocycles. The minimum Gasteiger partial charge on any atom is -0.319 e. The Hall–Kier alpha value is -0.410. The van der Waals surface area contributed by atoms with Crippen LogP contribution in [0.5, 0.6) is 0 Å². The fourth-order valence-corrected chi connectivity index (χ4v) is 2.37. The summed E-state index contributed by atoms with van der Waals surface area (Å²) >= 11 is 1.78. The van der Waals surface area contributed by atoms with E-state index in [2.05, 4.69) is 31.1 Å². The first-order valence-corrected chi connectivity index (χ1v) is 5.97. The molecule has 1 N–H and O–H groups in total. The van der Waals surface area contributed by atoms with Gasteiger partial charge in [-0.05, 0) is 38.8 Å². The highest BCUT2D eigenvalue weighted by atomic mass is 32.1. The molecule has 0 amide bonds. The minimum absolute atomic E-state index is 0.380. The maximum absolute atomic E-state index is 4.27. The molecule has 0 aliphatic rings. The maximum Gasteiger partial charge on any atom is 0.0797 e. The van der Waals surface area contributed by atoms with Crippen LogP contribution < -0.4 is 5.32 Å². The molecule has 1 aromatic rings. The smallest absolute Gasteiger partial charge is 0.0797 e. The normalized spacial score (nSPS) is 12.0. The Balaban J connectivity index is 2.44. The summed E-state index contributed by atoms with van der Waals surface area (Å²) in [6, 6.07) is 0. The Morgan fingerprint density at radius 2 is 2.21 bits per heavy atom. The van der Waals surface area contributed by atoms with Crippen molar-refractivity contribution in [3.63, 3.8) is 0 Å². The number of thiazole rings is 1. The number of hydrogen-bond donors (Lipinski definition) is 1. The topological polar surface area (TPSA) is 24.9 Å². The average Bonchev–Trinajstić information content (AvgIpc) is 2.48. The van der Waals surface area contributed by atoms with Crippen molar-refractivity contribution in [1.82, 2.24) is 10.3 Å². The maximum atomic E-state index is 4.27. The van der Waals surface area contributed by atoms with E-state index in [-0.39, 0.29) is 0 Å². The van der Waals surface area contributed by atoms with Crippen LogP contribution in [0.15, 0.2) is 5.51 Å². The van der Waals surface area contributed by atoms with E-state index in [1.54, 1.807) is 11.3 Å². The molecule has 2 nitrogen and oxygen atoms in total. The average molecular weight is 212 g/mol. The summed E-state index contributed by atoms with van der Waals surface area (Å²) < 4.78 is 0. The van der Waals surface area contributed by atoms with Gasteiger partial charge in [0.15, 0.2) is 0 Å². The van der Waals surface area contributed by atoms with Crippen LogP contribution >= 0.6 is 11.3 Å². The van der Waals surface area contributed by atoms with Gasteiger partial charge in [-0.25, -0.2) is 4.98 Å². The fraction of sp³-hybridized carbons (Fsp3) is 0.727. The van der Waals surface area contributed by atoms with Crippen molar-refractivity contribution >= 4 is 11.3 Å². The molecule has 0 aliphatic heterocycles. The first-order valence-electron chi connectivity index (χ1n) is 5.09. The van der Waals surface area contributed by atoms with Gasteiger partial charge in [0.25, 0.3) is 0 Å². The van der Waals surface area contributed by atoms with E-state index >= 15 is 0 Å². The van der Waals surface area contributed by atoms with Crippen LogP contribution in [-0.2, 0) is 6.42 Å². The largest absolute Gasteiger partial charge is 0.319 e. The second-order valence-corrected chi connectivity index (χ2v) is 5.49. The lowest BCUT2D eigenvalue weighted by atomic mass is 9.87. The molecule has 14 heavy (non-hydrogen) atoms. The van der Waals surface area contributed by atoms with Crippen LogP contribution in [0.2, 0.25) is 0 Å². The molecule has 0 radical (unpaired) electrons. The highest BCUT2D eigenvalue weighted by molar-refractivity contribution is 7.09. The number of aryl methyl sites for hydroxylation is 2. The van der Waals surface area contributed by atoms with Crippen LogP contribution in [0.1, 0.15) is 30.8 Å². The molecule has 0 aliphatic carbocycles. The van der Waals surface area contributed by atoms with Gasteiger partial charge < -0.3 is 5.32 Å². The van der Waals surface area contributed by atoms with Gasteiger partial charge in [-0.2, -0.15) is 0 Å². The fourth-order valence-electron chi connectivity index (χ4n) is 1.58. The Bertz CT molecular complexity index is 279. The molecule has 0 unspecified atom stereocenters. The summed E-state index contributed by atoms with van der Waals surface area (Å²) in [6.07, 6.45) is 2.38. The van der Waals surface area contributed by atoms with Gasteiger partial charge in [-0.1, -0.05) is 13.8 Å². The Morgan fingerprint density at radius 1 is 1.50 bits per heavy atom. The molecule has 0 atom stereocenters. The van der Waals surface area contributed by atoms with E-state index in [1.165, 1.54) is 17.0 Å². The second-order valence-electron chi connectivity index (χ2n) is 4.56. The molecule has 1 rings (SSSR count). The highest BCUT2D eigenvalue weighted by Gasteiger charge is 2.17. The second kappa shape index (κ2) is 4.89. The van der Waals surface area contributed by atoms with Crippen LogP contribution in [0.4, 0.5) is 0 Å². The van der Waals surface area contributed by atoms with Gasteiger partial charge >= 0.3 is 0 Å². The van der Waals surface area contributed by atoms with Crippen molar-refractivity contribution in [2.45, 2.75) is 33.6 Å². The van der Waals surface area contributed by atoms with Crippen molar-refractivity contribution in [3.05, 3.63) is 16.1 Å². The van der Waals surface area contributed by atoms with E-state index in [0.717, 1.165) is 13.0 Å². The van der Waals surface area contributed by atoms with Crippen LogP contribution in [0, 0.1) is 12.3 Å². The van der Waals surface area contributed by atoms with Crippen molar-refractivity contribution in [2.75, 3.05) is 13.6 Å². The summed E-state index contributed by atoms with van der Waals surface area (Å²) in [5.41, 5.74) is 3.52. The van der Waals surface area contributed by atoms with Gasteiger partial charge in [0.1, 0.15) is 0 Å². The summed E-state index contributed by atoms with van der Waals surface area (Å²) in [7, 11) is 2.01. The van der Waals surface area contributed by atoms with E-state index in [4.69, 9.17) is 0 Å². The van der Waals surface area contributed by atoms with Gasteiger partial charge in [0, 0.05) is 4.88 Å².